The third-order valence-corrected chi connectivity index (χ3v) is 5.88. The summed E-state index contributed by atoms with van der Waals surface area (Å²) >= 11 is 0. The van der Waals surface area contributed by atoms with Crippen LogP contribution in [0.5, 0.6) is 0 Å². The summed E-state index contributed by atoms with van der Waals surface area (Å²) in [6.45, 7) is 12.4. The van der Waals surface area contributed by atoms with E-state index in [1.54, 1.807) is 0 Å². The molecular weight excluding hydrogens is 373 g/mol. The molecule has 0 bridgehead atoms. The lowest BCUT2D eigenvalue weighted by Crippen LogP contribution is -2.37. The third kappa shape index (κ3) is 5.42. The van der Waals surface area contributed by atoms with Gasteiger partial charge in [0.2, 0.25) is 11.9 Å². The Morgan fingerprint density at radius 2 is 1.97 bits per heavy atom. The van der Waals surface area contributed by atoms with E-state index in [9.17, 15) is 9.18 Å². The van der Waals surface area contributed by atoms with Crippen LogP contribution >= 0.6 is 0 Å². The van der Waals surface area contributed by atoms with Crippen molar-refractivity contribution in [2.45, 2.75) is 71.1 Å². The molecule has 8 heteroatoms. The fourth-order valence-electron chi connectivity index (χ4n) is 4.38. The molecule has 2 aliphatic heterocycles. The summed E-state index contributed by atoms with van der Waals surface area (Å²) in [5.74, 6) is -0.772. The van der Waals surface area contributed by atoms with E-state index in [2.05, 4.69) is 32.8 Å². The first-order chi connectivity index (χ1) is 13.7. The van der Waals surface area contributed by atoms with Gasteiger partial charge < -0.3 is 20.7 Å². The van der Waals surface area contributed by atoms with Gasteiger partial charge >= 0.3 is 0 Å². The fourth-order valence-corrected chi connectivity index (χ4v) is 4.38. The van der Waals surface area contributed by atoms with Gasteiger partial charge in [-0.25, -0.2) is 14.4 Å². The topological polar surface area (TPSA) is 88.2 Å². The molecule has 1 unspecified atom stereocenters. The number of nitrogens with zero attached hydrogens (tertiary/aromatic N) is 2. The molecule has 0 saturated carbocycles. The van der Waals surface area contributed by atoms with Gasteiger partial charge in [-0.1, -0.05) is 0 Å². The first kappa shape index (κ1) is 21.9. The van der Waals surface area contributed by atoms with Crippen molar-refractivity contribution in [3.05, 3.63) is 17.7 Å². The minimum absolute atomic E-state index is 0.143. The van der Waals surface area contributed by atoms with Crippen LogP contribution in [0.15, 0.2) is 6.20 Å². The number of hydrogen-bond acceptors (Lipinski definition) is 6. The van der Waals surface area contributed by atoms with Crippen LogP contribution in [-0.2, 0) is 9.53 Å². The quantitative estimate of drug-likeness (QED) is 0.671. The zero-order valence-corrected chi connectivity index (χ0v) is 18.1. The van der Waals surface area contributed by atoms with Gasteiger partial charge in [0.15, 0.2) is 5.82 Å². The number of nitrogens with one attached hydrogen (secondary N) is 3. The third-order valence-electron chi connectivity index (χ3n) is 5.88. The van der Waals surface area contributed by atoms with E-state index < -0.39 is 11.7 Å². The summed E-state index contributed by atoms with van der Waals surface area (Å²) in [6.07, 6.45) is 3.10. The first-order valence-corrected chi connectivity index (χ1v) is 10.6. The summed E-state index contributed by atoms with van der Waals surface area (Å²) in [5.41, 5.74) is -0.207. The lowest BCUT2D eigenvalue weighted by atomic mass is 9.87. The van der Waals surface area contributed by atoms with E-state index in [-0.39, 0.29) is 35.3 Å². The molecular formula is C21H34FN5O2. The number of hydrogen-bond donors (Lipinski definition) is 3. The second-order valence-corrected chi connectivity index (χ2v) is 9.27. The maximum atomic E-state index is 14.7. The Morgan fingerprint density at radius 1 is 1.28 bits per heavy atom. The first-order valence-electron chi connectivity index (χ1n) is 10.6. The molecule has 1 amide bonds. The van der Waals surface area contributed by atoms with Gasteiger partial charge in [0.25, 0.3) is 0 Å². The van der Waals surface area contributed by atoms with Crippen LogP contribution in [0.25, 0.3) is 0 Å². The summed E-state index contributed by atoms with van der Waals surface area (Å²) in [4.78, 5) is 21.1. The molecule has 1 aromatic heterocycles. The molecule has 3 rings (SSSR count). The maximum absolute atomic E-state index is 14.7. The lowest BCUT2D eigenvalue weighted by Gasteiger charge is -2.31. The van der Waals surface area contributed by atoms with Gasteiger partial charge in [-0.2, -0.15) is 0 Å². The molecule has 0 aliphatic carbocycles. The number of piperidine rings is 1. The van der Waals surface area contributed by atoms with E-state index in [1.165, 1.54) is 0 Å². The van der Waals surface area contributed by atoms with Gasteiger partial charge in [0.05, 0.1) is 29.5 Å². The highest BCUT2D eigenvalue weighted by Gasteiger charge is 2.43. The zero-order valence-electron chi connectivity index (χ0n) is 18.1. The minimum Gasteiger partial charge on any atom is -0.373 e. The molecule has 2 fully saturated rings. The predicted molar refractivity (Wildman–Crippen MR) is 110 cm³/mol. The van der Waals surface area contributed by atoms with Crippen molar-refractivity contribution in [3.63, 3.8) is 0 Å². The van der Waals surface area contributed by atoms with Crippen LogP contribution in [0, 0.1) is 17.7 Å². The van der Waals surface area contributed by atoms with Crippen LogP contribution < -0.4 is 16.0 Å². The number of carbonyl (C=O) groups excluding carboxylic acids is 1. The minimum atomic E-state index is -0.690. The van der Waals surface area contributed by atoms with Crippen LogP contribution in [0.2, 0.25) is 0 Å². The molecule has 0 aromatic carbocycles. The SMILES string of the molecule is C[C@H](Nc1ncc(F)c([C@@H]2C(=O)NCC2[C@H](C)OC(C)(C)C)n1)C1CCNCC1. The average molecular weight is 408 g/mol. The van der Waals surface area contributed by atoms with Crippen molar-refractivity contribution in [2.75, 3.05) is 25.0 Å². The Hall–Kier alpha value is -1.80. The molecule has 7 nitrogen and oxygen atoms in total. The van der Waals surface area contributed by atoms with Crippen LogP contribution in [0.4, 0.5) is 10.3 Å². The summed E-state index contributed by atoms with van der Waals surface area (Å²) < 4.78 is 20.7. The number of aromatic nitrogens is 2. The number of halogens is 1. The lowest BCUT2D eigenvalue weighted by molar-refractivity contribution is -0.122. The molecule has 162 valence electrons. The second kappa shape index (κ2) is 8.92. The highest BCUT2D eigenvalue weighted by molar-refractivity contribution is 5.86. The molecule has 3 heterocycles. The highest BCUT2D eigenvalue weighted by Crippen LogP contribution is 2.34. The Bertz CT molecular complexity index is 718. The zero-order chi connectivity index (χ0) is 21.2. The van der Waals surface area contributed by atoms with E-state index in [0.717, 1.165) is 32.1 Å². The summed E-state index contributed by atoms with van der Waals surface area (Å²) in [6, 6.07) is 0.173. The van der Waals surface area contributed by atoms with Crippen molar-refractivity contribution < 1.29 is 13.9 Å². The molecule has 1 aromatic rings. The van der Waals surface area contributed by atoms with Crippen molar-refractivity contribution in [3.8, 4) is 0 Å². The Balaban J connectivity index is 1.79. The van der Waals surface area contributed by atoms with Crippen LogP contribution in [0.1, 0.15) is 59.1 Å². The van der Waals surface area contributed by atoms with Gasteiger partial charge in [0.1, 0.15) is 0 Å². The monoisotopic (exact) mass is 407 g/mol. The average Bonchev–Trinajstić information content (AvgIpc) is 3.04. The highest BCUT2D eigenvalue weighted by atomic mass is 19.1. The largest absolute Gasteiger partial charge is 0.373 e. The summed E-state index contributed by atoms with van der Waals surface area (Å²) in [7, 11) is 0. The standard InChI is InChI=1S/C21H34FN5O2/c1-12(14-6-8-23-9-7-14)26-20-25-11-16(22)18(27-20)17-15(10-24-19(17)28)13(2)29-21(3,4)5/h11-15,17,23H,6-10H2,1-5H3,(H,24,28)(H,25,26,27)/t12-,13-,15?,17+/m0/s1. The number of anilines is 1. The van der Waals surface area contributed by atoms with Crippen molar-refractivity contribution in [1.82, 2.24) is 20.6 Å². The Kier molecular flexibility index (Phi) is 6.73. The smallest absolute Gasteiger partial charge is 0.229 e. The van der Waals surface area contributed by atoms with Gasteiger partial charge in [0, 0.05) is 18.5 Å². The summed E-state index contributed by atoms with van der Waals surface area (Å²) in [5, 5.41) is 9.53. The van der Waals surface area contributed by atoms with E-state index >= 15 is 0 Å². The molecule has 29 heavy (non-hydrogen) atoms. The number of amides is 1. The van der Waals surface area contributed by atoms with E-state index in [4.69, 9.17) is 4.74 Å². The normalized spacial score (nSPS) is 25.5. The second-order valence-electron chi connectivity index (χ2n) is 9.27. The van der Waals surface area contributed by atoms with Crippen molar-refractivity contribution in [2.24, 2.45) is 11.8 Å². The van der Waals surface area contributed by atoms with E-state index in [0.29, 0.717) is 18.4 Å². The number of rotatable bonds is 6. The van der Waals surface area contributed by atoms with Gasteiger partial charge in [-0.15, -0.1) is 0 Å². The van der Waals surface area contributed by atoms with Gasteiger partial charge in [-0.3, -0.25) is 4.79 Å². The predicted octanol–water partition coefficient (Wildman–Crippen LogP) is 2.45. The molecule has 4 atom stereocenters. The Morgan fingerprint density at radius 3 is 2.62 bits per heavy atom. The molecule has 0 spiro atoms. The van der Waals surface area contributed by atoms with Crippen molar-refractivity contribution in [1.29, 1.82) is 0 Å². The van der Waals surface area contributed by atoms with Crippen molar-refractivity contribution >= 4 is 11.9 Å². The molecule has 2 saturated heterocycles. The maximum Gasteiger partial charge on any atom is 0.229 e. The van der Waals surface area contributed by atoms with Crippen LogP contribution in [0.3, 0.4) is 0 Å². The number of ether oxygens (including phenoxy) is 1. The number of carbonyl (C=O) groups is 1. The van der Waals surface area contributed by atoms with Gasteiger partial charge in [-0.05, 0) is 66.5 Å². The molecule has 2 aliphatic rings. The Labute approximate surface area is 172 Å². The molecule has 3 N–H and O–H groups in total. The molecule has 0 radical (unpaired) electrons. The fraction of sp³-hybridized carbons (Fsp3) is 0.762. The van der Waals surface area contributed by atoms with Crippen LogP contribution in [-0.4, -0.2) is 53.3 Å². The van der Waals surface area contributed by atoms with E-state index in [1.807, 2.05) is 27.7 Å².